The maximum absolute atomic E-state index is 12.9. The third kappa shape index (κ3) is 3.65. The Kier molecular flexibility index (Phi) is 4.57. The number of rotatable bonds is 3. The minimum Gasteiger partial charge on any atom is -0.326 e. The minimum atomic E-state index is -4.42. The van der Waals surface area contributed by atoms with Gasteiger partial charge < -0.3 is 5.73 Å². The summed E-state index contributed by atoms with van der Waals surface area (Å²) in [4.78, 5) is 4.48. The van der Waals surface area contributed by atoms with Gasteiger partial charge in [0.15, 0.2) is 0 Å². The molecule has 0 unspecified atom stereocenters. The van der Waals surface area contributed by atoms with Crippen LogP contribution in [0.2, 0.25) is 5.02 Å². The van der Waals surface area contributed by atoms with Crippen molar-refractivity contribution < 1.29 is 13.2 Å². The Hall–Kier alpha value is -1.24. The summed E-state index contributed by atoms with van der Waals surface area (Å²) in [5.74, 6) is 0. The number of hydrogen-bond donors (Lipinski definition) is 1. The maximum Gasteiger partial charge on any atom is 0.416 e. The summed E-state index contributed by atoms with van der Waals surface area (Å²) in [7, 11) is 0. The normalized spacial score (nSPS) is 11.7. The second-order valence-electron chi connectivity index (χ2n) is 3.94. The van der Waals surface area contributed by atoms with Crippen molar-refractivity contribution in [3.05, 3.63) is 52.7 Å². The van der Waals surface area contributed by atoms with Crippen LogP contribution in [0.5, 0.6) is 0 Å². The largest absolute Gasteiger partial charge is 0.416 e. The van der Waals surface area contributed by atoms with E-state index in [-0.39, 0.29) is 12.1 Å². The number of halogens is 4. The molecule has 106 valence electrons. The Labute approximate surface area is 123 Å². The van der Waals surface area contributed by atoms with Crippen LogP contribution < -0.4 is 5.73 Å². The van der Waals surface area contributed by atoms with Crippen LogP contribution in [0.3, 0.4) is 0 Å². The Morgan fingerprint density at radius 2 is 1.95 bits per heavy atom. The predicted octanol–water partition coefficient (Wildman–Crippen LogP) is 4.36. The van der Waals surface area contributed by atoms with E-state index >= 15 is 0 Å². The molecule has 1 aromatic carbocycles. The molecule has 2 N–H and O–H groups in total. The van der Waals surface area contributed by atoms with E-state index in [9.17, 15) is 13.2 Å². The molecule has 2 aromatic rings. The molecule has 0 aliphatic rings. The van der Waals surface area contributed by atoms with E-state index in [1.54, 1.807) is 18.2 Å². The van der Waals surface area contributed by atoms with E-state index in [4.69, 9.17) is 17.3 Å². The van der Waals surface area contributed by atoms with E-state index in [0.29, 0.717) is 14.9 Å². The van der Waals surface area contributed by atoms with Gasteiger partial charge >= 0.3 is 6.18 Å². The molecule has 0 amide bonds. The average Bonchev–Trinajstić information content (AvgIpc) is 2.40. The Bertz CT molecular complexity index is 600. The van der Waals surface area contributed by atoms with Gasteiger partial charge in [0.05, 0.1) is 10.6 Å². The van der Waals surface area contributed by atoms with Gasteiger partial charge in [0.25, 0.3) is 0 Å². The Morgan fingerprint density at radius 1 is 1.20 bits per heavy atom. The highest BCUT2D eigenvalue weighted by Gasteiger charge is 2.33. The summed E-state index contributed by atoms with van der Waals surface area (Å²) in [6, 6.07) is 7.36. The molecular weight excluding hydrogens is 309 g/mol. The van der Waals surface area contributed by atoms with Gasteiger partial charge in [-0.05, 0) is 29.8 Å². The Balaban J connectivity index is 2.31. The topological polar surface area (TPSA) is 38.9 Å². The zero-order valence-electron chi connectivity index (χ0n) is 10.1. The maximum atomic E-state index is 12.9. The minimum absolute atomic E-state index is 0.0749. The van der Waals surface area contributed by atoms with E-state index in [1.165, 1.54) is 12.3 Å². The average molecular weight is 319 g/mol. The van der Waals surface area contributed by atoms with Gasteiger partial charge in [-0.25, -0.2) is 4.98 Å². The summed E-state index contributed by atoms with van der Waals surface area (Å²) in [5.41, 5.74) is 4.70. The SMILES string of the molecule is NCc1ccc(Sc2ccc(Cl)cn2)cc1C(F)(F)F. The lowest BCUT2D eigenvalue weighted by molar-refractivity contribution is -0.138. The molecule has 0 spiro atoms. The highest BCUT2D eigenvalue weighted by atomic mass is 35.5. The van der Waals surface area contributed by atoms with Gasteiger partial charge in [-0.15, -0.1) is 0 Å². The van der Waals surface area contributed by atoms with Crippen molar-refractivity contribution in [3.8, 4) is 0 Å². The number of pyridine rings is 1. The fourth-order valence-corrected chi connectivity index (χ4v) is 2.51. The molecular formula is C13H10ClF3N2S. The number of nitrogens with two attached hydrogens (primary N) is 1. The quantitative estimate of drug-likeness (QED) is 0.913. The van der Waals surface area contributed by atoms with Crippen molar-refractivity contribution in [1.82, 2.24) is 4.98 Å². The van der Waals surface area contributed by atoms with E-state index in [0.717, 1.165) is 17.8 Å². The number of alkyl halides is 3. The summed E-state index contributed by atoms with van der Waals surface area (Å²) < 4.78 is 38.7. The van der Waals surface area contributed by atoms with Crippen LogP contribution in [0.1, 0.15) is 11.1 Å². The van der Waals surface area contributed by atoms with Crippen LogP contribution in [-0.4, -0.2) is 4.98 Å². The number of aromatic nitrogens is 1. The molecule has 0 saturated heterocycles. The second-order valence-corrected chi connectivity index (χ2v) is 5.47. The van der Waals surface area contributed by atoms with Crippen molar-refractivity contribution in [3.63, 3.8) is 0 Å². The van der Waals surface area contributed by atoms with Crippen LogP contribution in [-0.2, 0) is 12.7 Å². The molecule has 0 aliphatic carbocycles. The van der Waals surface area contributed by atoms with Gasteiger partial charge in [0, 0.05) is 17.6 Å². The first-order chi connectivity index (χ1) is 9.40. The zero-order chi connectivity index (χ0) is 14.8. The molecule has 7 heteroatoms. The van der Waals surface area contributed by atoms with E-state index in [1.807, 2.05) is 0 Å². The van der Waals surface area contributed by atoms with Crippen molar-refractivity contribution in [2.75, 3.05) is 0 Å². The molecule has 2 nitrogen and oxygen atoms in total. The third-order valence-electron chi connectivity index (χ3n) is 2.53. The van der Waals surface area contributed by atoms with Gasteiger partial charge in [0.2, 0.25) is 0 Å². The fourth-order valence-electron chi connectivity index (χ4n) is 1.60. The smallest absolute Gasteiger partial charge is 0.326 e. The second kappa shape index (κ2) is 6.03. The molecule has 0 saturated carbocycles. The molecule has 20 heavy (non-hydrogen) atoms. The third-order valence-corrected chi connectivity index (χ3v) is 3.69. The standard InChI is InChI=1S/C13H10ClF3N2S/c14-9-2-4-12(19-7-9)20-10-3-1-8(6-18)11(5-10)13(15,16)17/h1-5,7H,6,18H2. The van der Waals surface area contributed by atoms with Crippen molar-refractivity contribution in [2.45, 2.75) is 22.6 Å². The Morgan fingerprint density at radius 3 is 2.50 bits per heavy atom. The predicted molar refractivity (Wildman–Crippen MR) is 72.7 cm³/mol. The molecule has 0 fully saturated rings. The molecule has 0 bridgehead atoms. The molecule has 0 aliphatic heterocycles. The van der Waals surface area contributed by atoms with Gasteiger partial charge in [-0.1, -0.05) is 29.4 Å². The van der Waals surface area contributed by atoms with Crippen LogP contribution in [0.25, 0.3) is 0 Å². The highest BCUT2D eigenvalue weighted by Crippen LogP contribution is 2.36. The number of benzene rings is 1. The van der Waals surface area contributed by atoms with Crippen molar-refractivity contribution in [1.29, 1.82) is 0 Å². The first kappa shape index (κ1) is 15.2. The van der Waals surface area contributed by atoms with Crippen LogP contribution in [0.15, 0.2) is 46.5 Å². The first-order valence-corrected chi connectivity index (χ1v) is 6.79. The number of nitrogens with zero attached hydrogens (tertiary/aromatic N) is 1. The molecule has 1 aromatic heterocycles. The summed E-state index contributed by atoms with van der Waals surface area (Å²) in [5, 5.41) is 1.05. The summed E-state index contributed by atoms with van der Waals surface area (Å²) >= 11 is 6.84. The first-order valence-electron chi connectivity index (χ1n) is 5.60. The zero-order valence-corrected chi connectivity index (χ0v) is 11.7. The lowest BCUT2D eigenvalue weighted by Crippen LogP contribution is -2.11. The van der Waals surface area contributed by atoms with Gasteiger partial charge in [0.1, 0.15) is 5.03 Å². The fraction of sp³-hybridized carbons (Fsp3) is 0.154. The van der Waals surface area contributed by atoms with E-state index in [2.05, 4.69) is 4.98 Å². The highest BCUT2D eigenvalue weighted by molar-refractivity contribution is 7.99. The van der Waals surface area contributed by atoms with Crippen LogP contribution in [0, 0.1) is 0 Å². The molecule has 0 atom stereocenters. The van der Waals surface area contributed by atoms with Gasteiger partial charge in [-0.3, -0.25) is 0 Å². The number of hydrogen-bond acceptors (Lipinski definition) is 3. The van der Waals surface area contributed by atoms with Crippen molar-refractivity contribution in [2.24, 2.45) is 5.73 Å². The van der Waals surface area contributed by atoms with E-state index < -0.39 is 11.7 Å². The molecule has 1 heterocycles. The monoisotopic (exact) mass is 318 g/mol. The lowest BCUT2D eigenvalue weighted by Gasteiger charge is -2.13. The van der Waals surface area contributed by atoms with Crippen LogP contribution >= 0.6 is 23.4 Å². The van der Waals surface area contributed by atoms with Crippen LogP contribution in [0.4, 0.5) is 13.2 Å². The van der Waals surface area contributed by atoms with Gasteiger partial charge in [-0.2, -0.15) is 13.2 Å². The molecule has 0 radical (unpaired) electrons. The molecule has 2 rings (SSSR count). The lowest BCUT2D eigenvalue weighted by atomic mass is 10.1. The summed E-state index contributed by atoms with van der Waals surface area (Å²) in [6.45, 7) is -0.154. The summed E-state index contributed by atoms with van der Waals surface area (Å²) in [6.07, 6.45) is -2.97. The van der Waals surface area contributed by atoms with Crippen molar-refractivity contribution >= 4 is 23.4 Å².